The van der Waals surface area contributed by atoms with Gasteiger partial charge in [-0.2, -0.15) is 31.9 Å². The molecule has 2 aromatic heterocycles. The number of pyridine rings is 1. The van der Waals surface area contributed by atoms with Gasteiger partial charge in [-0.05, 0) is 57.2 Å². The summed E-state index contributed by atoms with van der Waals surface area (Å²) in [5, 5.41) is 3.42. The van der Waals surface area contributed by atoms with Gasteiger partial charge in [-0.1, -0.05) is 13.5 Å². The average molecular weight is 678 g/mol. The zero-order valence-corrected chi connectivity index (χ0v) is 26.4. The van der Waals surface area contributed by atoms with Gasteiger partial charge >= 0.3 is 12.2 Å². The minimum absolute atomic E-state index is 0.0155. The fraction of sp³-hybridized carbons (Fsp3) is 0.485. The molecule has 0 amide bonds. The minimum atomic E-state index is -5.02. The molecule has 6 heterocycles. The number of nitrogen functional groups attached to an aromatic ring is 1. The molecule has 0 unspecified atom stereocenters. The van der Waals surface area contributed by atoms with Crippen LogP contribution in [0.5, 0.6) is 6.01 Å². The van der Waals surface area contributed by atoms with Crippen molar-refractivity contribution in [1.29, 1.82) is 0 Å². The zero-order valence-electron chi connectivity index (χ0n) is 26.4. The van der Waals surface area contributed by atoms with Gasteiger partial charge in [0, 0.05) is 48.4 Å². The Kier molecular flexibility index (Phi) is 7.85. The maximum atomic E-state index is 16.9. The third-order valence-corrected chi connectivity index (χ3v) is 10.3. The summed E-state index contributed by atoms with van der Waals surface area (Å²) in [7, 11) is 0. The molecule has 15 heteroatoms. The Morgan fingerprint density at radius 3 is 2.65 bits per heavy atom. The van der Waals surface area contributed by atoms with Crippen LogP contribution >= 0.6 is 0 Å². The van der Waals surface area contributed by atoms with Crippen molar-refractivity contribution >= 4 is 28.1 Å². The number of anilines is 2. The van der Waals surface area contributed by atoms with Crippen LogP contribution in [0.25, 0.3) is 27.6 Å². The van der Waals surface area contributed by atoms with Crippen LogP contribution in [0.3, 0.4) is 0 Å². The molecular formula is C33H34F7N7O. The SMILES string of the molecule is C=C1C[C@@H]2CN[C@H](CC)CN2c2nc(OC[C@@]34CCCN3CC(=C(F)F)C4)nc3c(F)c(-c4cc(N)nc(C)c4C(F)(F)F)c(F)c1c23. The molecule has 0 radical (unpaired) electrons. The molecule has 0 bridgehead atoms. The van der Waals surface area contributed by atoms with Crippen LogP contribution < -0.4 is 20.7 Å². The molecule has 3 saturated heterocycles. The number of nitrogens with one attached hydrogen (secondary N) is 1. The standard InChI is InChI=1S/C33H34F7N7O/c1-4-18-13-47-19(11-42-18)8-15(2)22-24-28(27(35)23(26(22)34)20-9-21(41)43-16(3)25(20)33(38,39)40)44-31(45-30(24)47)48-14-32-6-5-7-46(32)12-17(10-32)29(36)37/h9,18-19,42H,2,4-8,10-14H2,1,3H3,(H2,41,43)/t18-,19-,32+/m1/s1. The molecule has 0 saturated carbocycles. The lowest BCUT2D eigenvalue weighted by atomic mass is 9.90. The van der Waals surface area contributed by atoms with Crippen LogP contribution in [0.2, 0.25) is 0 Å². The van der Waals surface area contributed by atoms with Crippen molar-refractivity contribution in [2.45, 2.75) is 69.8 Å². The number of aromatic nitrogens is 3. The Morgan fingerprint density at radius 2 is 1.94 bits per heavy atom. The lowest BCUT2D eigenvalue weighted by Gasteiger charge is -2.40. The van der Waals surface area contributed by atoms with Crippen LogP contribution in [-0.2, 0) is 6.18 Å². The first-order valence-corrected chi connectivity index (χ1v) is 15.9. The van der Waals surface area contributed by atoms with Gasteiger partial charge in [0.1, 0.15) is 29.6 Å². The Hall–Kier alpha value is -3.98. The molecule has 4 aliphatic heterocycles. The average Bonchev–Trinajstić information content (AvgIpc) is 3.54. The molecular weight excluding hydrogens is 643 g/mol. The molecule has 4 aliphatic rings. The normalized spacial score (nSPS) is 24.2. The summed E-state index contributed by atoms with van der Waals surface area (Å²) >= 11 is 0. The van der Waals surface area contributed by atoms with Gasteiger partial charge in [0.2, 0.25) is 0 Å². The highest BCUT2D eigenvalue weighted by Gasteiger charge is 2.49. The predicted molar refractivity (Wildman–Crippen MR) is 167 cm³/mol. The van der Waals surface area contributed by atoms with E-state index in [1.165, 1.54) is 0 Å². The summed E-state index contributed by atoms with van der Waals surface area (Å²) in [6.07, 6.45) is -4.35. The predicted octanol–water partition coefficient (Wildman–Crippen LogP) is 6.62. The van der Waals surface area contributed by atoms with E-state index in [0.717, 1.165) is 25.8 Å². The fourth-order valence-electron chi connectivity index (χ4n) is 7.99. The summed E-state index contributed by atoms with van der Waals surface area (Å²) in [6, 6.07) is 0.227. The number of aryl methyl sites for hydroxylation is 1. The number of benzene rings is 1. The molecule has 0 aliphatic carbocycles. The largest absolute Gasteiger partial charge is 0.461 e. The highest BCUT2D eigenvalue weighted by molar-refractivity contribution is 6.04. The Balaban J connectivity index is 1.45. The van der Waals surface area contributed by atoms with E-state index >= 15 is 8.78 Å². The molecule has 3 N–H and O–H groups in total. The van der Waals surface area contributed by atoms with Crippen molar-refractivity contribution in [3.63, 3.8) is 0 Å². The number of halogens is 7. The Morgan fingerprint density at radius 1 is 1.17 bits per heavy atom. The van der Waals surface area contributed by atoms with E-state index in [0.29, 0.717) is 26.1 Å². The van der Waals surface area contributed by atoms with Gasteiger partial charge in [-0.15, -0.1) is 0 Å². The summed E-state index contributed by atoms with van der Waals surface area (Å²) in [5.41, 5.74) is 1.07. The van der Waals surface area contributed by atoms with E-state index in [9.17, 15) is 22.0 Å². The van der Waals surface area contributed by atoms with E-state index in [2.05, 4.69) is 26.8 Å². The second-order valence-corrected chi connectivity index (χ2v) is 13.2. The topological polar surface area (TPSA) is 92.4 Å². The maximum Gasteiger partial charge on any atom is 0.418 e. The van der Waals surface area contributed by atoms with Gasteiger partial charge in [-0.25, -0.2) is 13.8 Å². The Labute approximate surface area is 271 Å². The summed E-state index contributed by atoms with van der Waals surface area (Å²) in [6.45, 7) is 8.67. The molecule has 48 heavy (non-hydrogen) atoms. The van der Waals surface area contributed by atoms with Crippen LogP contribution in [0.1, 0.15) is 55.8 Å². The molecule has 0 spiro atoms. The second kappa shape index (κ2) is 11.6. The van der Waals surface area contributed by atoms with Crippen LogP contribution in [0, 0.1) is 18.6 Å². The third-order valence-electron chi connectivity index (χ3n) is 10.3. The number of piperazine rings is 1. The lowest BCUT2D eigenvalue weighted by Crippen LogP contribution is -2.56. The smallest absolute Gasteiger partial charge is 0.418 e. The minimum Gasteiger partial charge on any atom is -0.461 e. The molecule has 3 atom stereocenters. The first-order valence-electron chi connectivity index (χ1n) is 15.9. The van der Waals surface area contributed by atoms with Crippen molar-refractivity contribution in [1.82, 2.24) is 25.2 Å². The summed E-state index contributed by atoms with van der Waals surface area (Å²) in [4.78, 5) is 16.6. The highest BCUT2D eigenvalue weighted by atomic mass is 19.4. The molecule has 8 nitrogen and oxygen atoms in total. The number of ether oxygens (including phenoxy) is 1. The number of nitrogens with two attached hydrogens (primary N) is 1. The summed E-state index contributed by atoms with van der Waals surface area (Å²) < 4.78 is 110. The van der Waals surface area contributed by atoms with Crippen molar-refractivity contribution in [3.8, 4) is 17.1 Å². The maximum absolute atomic E-state index is 16.9. The number of alkyl halides is 3. The van der Waals surface area contributed by atoms with Crippen molar-refractivity contribution in [2.75, 3.05) is 43.4 Å². The molecule has 7 rings (SSSR count). The molecule has 256 valence electrons. The van der Waals surface area contributed by atoms with E-state index in [-0.39, 0.29) is 77.8 Å². The van der Waals surface area contributed by atoms with Crippen molar-refractivity contribution in [2.24, 2.45) is 0 Å². The number of fused-ring (bicyclic) bond motifs is 3. The number of rotatable bonds is 5. The van der Waals surface area contributed by atoms with Crippen molar-refractivity contribution < 1.29 is 35.5 Å². The number of hydrogen-bond acceptors (Lipinski definition) is 8. The Bertz CT molecular complexity index is 1880. The lowest BCUT2D eigenvalue weighted by molar-refractivity contribution is -0.137. The van der Waals surface area contributed by atoms with Gasteiger partial charge in [0.05, 0.1) is 27.7 Å². The van der Waals surface area contributed by atoms with Crippen LogP contribution in [0.15, 0.2) is 24.3 Å². The monoisotopic (exact) mass is 677 g/mol. The van der Waals surface area contributed by atoms with E-state index in [1.807, 2.05) is 16.7 Å². The van der Waals surface area contributed by atoms with Gasteiger partial charge in [-0.3, -0.25) is 4.90 Å². The van der Waals surface area contributed by atoms with E-state index < -0.39 is 57.3 Å². The second-order valence-electron chi connectivity index (χ2n) is 13.2. The zero-order chi connectivity index (χ0) is 34.3. The quantitative estimate of drug-likeness (QED) is 0.292. The first kappa shape index (κ1) is 32.6. The first-order chi connectivity index (χ1) is 22.7. The van der Waals surface area contributed by atoms with E-state index in [1.54, 1.807) is 0 Å². The highest BCUT2D eigenvalue weighted by Crippen LogP contribution is 2.49. The number of hydrogen-bond donors (Lipinski definition) is 2. The fourth-order valence-corrected chi connectivity index (χ4v) is 7.99. The third kappa shape index (κ3) is 5.16. The summed E-state index contributed by atoms with van der Waals surface area (Å²) in [5.74, 6) is -2.77. The number of nitrogens with zero attached hydrogens (tertiary/aromatic N) is 5. The van der Waals surface area contributed by atoms with Gasteiger partial charge < -0.3 is 20.7 Å². The van der Waals surface area contributed by atoms with Crippen LogP contribution in [0.4, 0.5) is 42.4 Å². The molecule has 1 aromatic carbocycles. The van der Waals surface area contributed by atoms with Crippen LogP contribution in [-0.4, -0.2) is 70.3 Å². The van der Waals surface area contributed by atoms with Crippen molar-refractivity contribution in [3.05, 3.63) is 52.8 Å². The molecule has 3 fully saturated rings. The van der Waals surface area contributed by atoms with Gasteiger partial charge in [0.25, 0.3) is 6.08 Å². The molecule has 3 aromatic rings. The van der Waals surface area contributed by atoms with Gasteiger partial charge in [0.15, 0.2) is 5.82 Å². The van der Waals surface area contributed by atoms with E-state index in [4.69, 9.17) is 10.5 Å².